The Morgan fingerprint density at radius 2 is 2.29 bits per heavy atom. The third-order valence-electron chi connectivity index (χ3n) is 2.32. The summed E-state index contributed by atoms with van der Waals surface area (Å²) in [6.45, 7) is 7.06. The first-order valence-electron chi connectivity index (χ1n) is 5.20. The summed E-state index contributed by atoms with van der Waals surface area (Å²) in [5.41, 5.74) is 5.50. The van der Waals surface area contributed by atoms with Crippen molar-refractivity contribution in [2.75, 3.05) is 13.1 Å². The molecular weight excluding hydrogens is 176 g/mol. The molecule has 0 fully saturated rings. The number of rotatable bonds is 6. The molecule has 1 aromatic rings. The summed E-state index contributed by atoms with van der Waals surface area (Å²) >= 11 is 0. The minimum atomic E-state index is 0.534. The molecule has 0 unspecified atom stereocenters. The molecule has 0 bridgehead atoms. The first-order chi connectivity index (χ1) is 6.74. The Kier molecular flexibility index (Phi) is 4.70. The number of hydrogen-bond donors (Lipinski definition) is 1. The van der Waals surface area contributed by atoms with Crippen LogP contribution in [0.5, 0.6) is 0 Å². The SMILES string of the molecule is CC(C)N(CCCN)Cc1ccco1. The van der Waals surface area contributed by atoms with Crippen molar-refractivity contribution in [1.29, 1.82) is 0 Å². The maximum atomic E-state index is 5.50. The van der Waals surface area contributed by atoms with E-state index in [1.54, 1.807) is 6.26 Å². The van der Waals surface area contributed by atoms with E-state index in [2.05, 4.69) is 18.7 Å². The highest BCUT2D eigenvalue weighted by Crippen LogP contribution is 2.08. The molecule has 14 heavy (non-hydrogen) atoms. The van der Waals surface area contributed by atoms with E-state index in [-0.39, 0.29) is 0 Å². The average Bonchev–Trinajstić information content (AvgIpc) is 2.64. The van der Waals surface area contributed by atoms with Crippen molar-refractivity contribution < 1.29 is 4.42 Å². The molecule has 0 spiro atoms. The highest BCUT2D eigenvalue weighted by molar-refractivity contribution is 4.98. The molecule has 0 aromatic carbocycles. The van der Waals surface area contributed by atoms with Crippen LogP contribution in [0.2, 0.25) is 0 Å². The second-order valence-corrected chi connectivity index (χ2v) is 3.79. The van der Waals surface area contributed by atoms with E-state index in [0.29, 0.717) is 6.04 Å². The third-order valence-corrected chi connectivity index (χ3v) is 2.32. The van der Waals surface area contributed by atoms with E-state index < -0.39 is 0 Å². The summed E-state index contributed by atoms with van der Waals surface area (Å²) in [5, 5.41) is 0. The van der Waals surface area contributed by atoms with Crippen molar-refractivity contribution in [2.45, 2.75) is 32.9 Å². The highest BCUT2D eigenvalue weighted by atomic mass is 16.3. The Labute approximate surface area is 85.9 Å². The van der Waals surface area contributed by atoms with Crippen LogP contribution in [0.3, 0.4) is 0 Å². The van der Waals surface area contributed by atoms with E-state index in [4.69, 9.17) is 10.2 Å². The van der Waals surface area contributed by atoms with Crippen LogP contribution in [0.15, 0.2) is 22.8 Å². The molecule has 3 nitrogen and oxygen atoms in total. The Balaban J connectivity index is 2.43. The Morgan fingerprint density at radius 1 is 1.50 bits per heavy atom. The minimum absolute atomic E-state index is 0.534. The van der Waals surface area contributed by atoms with E-state index in [1.165, 1.54) is 0 Å². The van der Waals surface area contributed by atoms with Crippen LogP contribution in [0.25, 0.3) is 0 Å². The fourth-order valence-electron chi connectivity index (χ4n) is 1.42. The molecular formula is C11H20N2O. The highest BCUT2D eigenvalue weighted by Gasteiger charge is 2.10. The molecule has 0 saturated heterocycles. The minimum Gasteiger partial charge on any atom is -0.468 e. The van der Waals surface area contributed by atoms with Gasteiger partial charge in [0, 0.05) is 12.6 Å². The largest absolute Gasteiger partial charge is 0.468 e. The quantitative estimate of drug-likeness (QED) is 0.755. The van der Waals surface area contributed by atoms with Gasteiger partial charge in [-0.3, -0.25) is 4.90 Å². The normalized spacial score (nSPS) is 11.5. The summed E-state index contributed by atoms with van der Waals surface area (Å²) in [5.74, 6) is 1.02. The van der Waals surface area contributed by atoms with Gasteiger partial charge in [-0.15, -0.1) is 0 Å². The lowest BCUT2D eigenvalue weighted by Crippen LogP contribution is -2.32. The van der Waals surface area contributed by atoms with E-state index in [9.17, 15) is 0 Å². The van der Waals surface area contributed by atoms with Crippen LogP contribution >= 0.6 is 0 Å². The van der Waals surface area contributed by atoms with Gasteiger partial charge in [-0.05, 0) is 38.9 Å². The maximum Gasteiger partial charge on any atom is 0.117 e. The molecule has 2 N–H and O–H groups in total. The average molecular weight is 196 g/mol. The van der Waals surface area contributed by atoms with Crippen molar-refractivity contribution in [3.8, 4) is 0 Å². The molecule has 0 saturated carbocycles. The molecule has 0 aliphatic heterocycles. The molecule has 1 heterocycles. The Morgan fingerprint density at radius 3 is 2.79 bits per heavy atom. The van der Waals surface area contributed by atoms with Crippen LogP contribution in [0, 0.1) is 0 Å². The van der Waals surface area contributed by atoms with Gasteiger partial charge >= 0.3 is 0 Å². The van der Waals surface area contributed by atoms with Crippen molar-refractivity contribution in [2.24, 2.45) is 5.73 Å². The van der Waals surface area contributed by atoms with E-state index >= 15 is 0 Å². The van der Waals surface area contributed by atoms with Gasteiger partial charge in [0.25, 0.3) is 0 Å². The van der Waals surface area contributed by atoms with Crippen LogP contribution in [-0.4, -0.2) is 24.0 Å². The van der Waals surface area contributed by atoms with Gasteiger partial charge in [-0.2, -0.15) is 0 Å². The zero-order valence-electron chi connectivity index (χ0n) is 9.07. The topological polar surface area (TPSA) is 42.4 Å². The number of nitrogens with zero attached hydrogens (tertiary/aromatic N) is 1. The van der Waals surface area contributed by atoms with Crippen molar-refractivity contribution in [3.05, 3.63) is 24.2 Å². The Bertz CT molecular complexity index is 231. The fraction of sp³-hybridized carbons (Fsp3) is 0.636. The smallest absolute Gasteiger partial charge is 0.117 e. The van der Waals surface area contributed by atoms with Crippen molar-refractivity contribution >= 4 is 0 Å². The van der Waals surface area contributed by atoms with Gasteiger partial charge in [0.2, 0.25) is 0 Å². The zero-order chi connectivity index (χ0) is 10.4. The molecule has 0 amide bonds. The Hall–Kier alpha value is -0.800. The summed E-state index contributed by atoms with van der Waals surface area (Å²) in [4.78, 5) is 2.37. The lowest BCUT2D eigenvalue weighted by molar-refractivity contribution is 0.195. The van der Waals surface area contributed by atoms with Gasteiger partial charge in [0.1, 0.15) is 5.76 Å². The molecule has 0 radical (unpaired) electrons. The van der Waals surface area contributed by atoms with Crippen LogP contribution in [0.4, 0.5) is 0 Å². The lowest BCUT2D eigenvalue weighted by Gasteiger charge is -2.25. The predicted molar refractivity (Wildman–Crippen MR) is 57.9 cm³/mol. The molecule has 80 valence electrons. The second kappa shape index (κ2) is 5.83. The monoisotopic (exact) mass is 196 g/mol. The van der Waals surface area contributed by atoms with E-state index in [0.717, 1.165) is 31.8 Å². The van der Waals surface area contributed by atoms with Gasteiger partial charge < -0.3 is 10.2 Å². The van der Waals surface area contributed by atoms with Gasteiger partial charge in [0.15, 0.2) is 0 Å². The number of furan rings is 1. The van der Waals surface area contributed by atoms with Crippen molar-refractivity contribution in [3.63, 3.8) is 0 Å². The van der Waals surface area contributed by atoms with E-state index in [1.807, 2.05) is 12.1 Å². The zero-order valence-corrected chi connectivity index (χ0v) is 9.07. The first kappa shape index (κ1) is 11.3. The molecule has 0 aliphatic rings. The van der Waals surface area contributed by atoms with Gasteiger partial charge in [-0.25, -0.2) is 0 Å². The van der Waals surface area contributed by atoms with Crippen LogP contribution in [0.1, 0.15) is 26.0 Å². The molecule has 3 heteroatoms. The molecule has 0 atom stereocenters. The fourth-order valence-corrected chi connectivity index (χ4v) is 1.42. The third kappa shape index (κ3) is 3.52. The van der Waals surface area contributed by atoms with Crippen molar-refractivity contribution in [1.82, 2.24) is 4.90 Å². The maximum absolute atomic E-state index is 5.50. The summed E-state index contributed by atoms with van der Waals surface area (Å²) in [7, 11) is 0. The van der Waals surface area contributed by atoms with Gasteiger partial charge in [0.05, 0.1) is 12.8 Å². The number of nitrogens with two attached hydrogens (primary N) is 1. The molecule has 1 aromatic heterocycles. The van der Waals surface area contributed by atoms with Crippen LogP contribution in [-0.2, 0) is 6.54 Å². The second-order valence-electron chi connectivity index (χ2n) is 3.79. The number of hydrogen-bond acceptors (Lipinski definition) is 3. The standard InChI is InChI=1S/C11H20N2O/c1-10(2)13(7-4-6-12)9-11-5-3-8-14-11/h3,5,8,10H,4,6-7,9,12H2,1-2H3. The summed E-state index contributed by atoms with van der Waals surface area (Å²) < 4.78 is 5.32. The summed E-state index contributed by atoms with van der Waals surface area (Å²) in [6.07, 6.45) is 2.76. The summed E-state index contributed by atoms with van der Waals surface area (Å²) in [6, 6.07) is 4.47. The predicted octanol–water partition coefficient (Wildman–Crippen LogP) is 1.84. The molecule has 0 aliphatic carbocycles. The molecule has 1 rings (SSSR count). The first-order valence-corrected chi connectivity index (χ1v) is 5.20. The van der Waals surface area contributed by atoms with Crippen LogP contribution < -0.4 is 5.73 Å². The van der Waals surface area contributed by atoms with Gasteiger partial charge in [-0.1, -0.05) is 0 Å². The lowest BCUT2D eigenvalue weighted by atomic mass is 10.2.